The number of oxime groups is 1. The quantitative estimate of drug-likeness (QED) is 0.452. The Bertz CT molecular complexity index is 1100. The summed E-state index contributed by atoms with van der Waals surface area (Å²) in [5.74, 6) is 0.200. The van der Waals surface area contributed by atoms with Crippen molar-refractivity contribution in [2.45, 2.75) is 13.5 Å². The smallest absolute Gasteiger partial charge is 0.367 e. The zero-order valence-corrected chi connectivity index (χ0v) is 15.4. The molecule has 0 aromatic heterocycles. The van der Waals surface area contributed by atoms with E-state index in [1.165, 1.54) is 0 Å². The molecule has 3 aromatic carbocycles. The highest BCUT2D eigenvalue weighted by molar-refractivity contribution is 6.31. The standard InChI is InChI=1S/C22H16ClNO3/c1-14-18(22(25)27-24-14)12-19-17-8-4-2-6-15(17)10-11-21(19)26-13-16-7-3-5-9-20(16)23/h2-12H,13H2,1H3/b18-12+. The maximum Gasteiger partial charge on any atom is 0.367 e. The molecule has 0 fully saturated rings. The monoisotopic (exact) mass is 377 g/mol. The van der Waals surface area contributed by atoms with Gasteiger partial charge in [-0.1, -0.05) is 65.3 Å². The van der Waals surface area contributed by atoms with Gasteiger partial charge in [0, 0.05) is 16.1 Å². The Labute approximate surface area is 161 Å². The minimum atomic E-state index is -0.461. The normalized spacial score (nSPS) is 15.1. The summed E-state index contributed by atoms with van der Waals surface area (Å²) in [6.07, 6.45) is 1.78. The predicted octanol–water partition coefficient (Wildman–Crippen LogP) is 5.39. The minimum absolute atomic E-state index is 0.325. The lowest BCUT2D eigenvalue weighted by Gasteiger charge is -2.13. The first-order valence-corrected chi connectivity index (χ1v) is 8.87. The third-order valence-electron chi connectivity index (χ3n) is 4.44. The molecule has 3 aromatic rings. The Morgan fingerprint density at radius 1 is 1.07 bits per heavy atom. The lowest BCUT2D eigenvalue weighted by Crippen LogP contribution is -2.03. The number of ether oxygens (including phenoxy) is 1. The van der Waals surface area contributed by atoms with Gasteiger partial charge in [-0.25, -0.2) is 4.79 Å². The number of carbonyl (C=O) groups is 1. The molecule has 0 atom stereocenters. The Morgan fingerprint density at radius 2 is 1.85 bits per heavy atom. The Hall–Kier alpha value is -3.11. The molecule has 0 N–H and O–H groups in total. The first-order valence-electron chi connectivity index (χ1n) is 8.49. The number of benzene rings is 3. The third-order valence-corrected chi connectivity index (χ3v) is 4.80. The van der Waals surface area contributed by atoms with Crippen molar-refractivity contribution in [3.8, 4) is 5.75 Å². The summed E-state index contributed by atoms with van der Waals surface area (Å²) >= 11 is 6.23. The van der Waals surface area contributed by atoms with Crippen LogP contribution in [0.3, 0.4) is 0 Å². The van der Waals surface area contributed by atoms with Crippen molar-refractivity contribution in [1.29, 1.82) is 0 Å². The number of nitrogens with zero attached hydrogens (tertiary/aromatic N) is 1. The number of hydrogen-bond acceptors (Lipinski definition) is 4. The van der Waals surface area contributed by atoms with E-state index in [-0.39, 0.29) is 0 Å². The van der Waals surface area contributed by atoms with Crippen LogP contribution in [0, 0.1) is 0 Å². The van der Waals surface area contributed by atoms with Crippen LogP contribution < -0.4 is 4.74 Å². The molecule has 134 valence electrons. The largest absolute Gasteiger partial charge is 0.488 e. The van der Waals surface area contributed by atoms with Gasteiger partial charge in [-0.3, -0.25) is 0 Å². The van der Waals surface area contributed by atoms with E-state index in [0.717, 1.165) is 21.9 Å². The summed E-state index contributed by atoms with van der Waals surface area (Å²) in [5.41, 5.74) is 2.67. The van der Waals surface area contributed by atoms with Gasteiger partial charge in [0.05, 0.1) is 11.3 Å². The van der Waals surface area contributed by atoms with Crippen molar-refractivity contribution >= 4 is 40.1 Å². The molecule has 0 aliphatic carbocycles. The number of rotatable bonds is 4. The van der Waals surface area contributed by atoms with E-state index in [9.17, 15) is 4.79 Å². The van der Waals surface area contributed by atoms with Gasteiger partial charge >= 0.3 is 5.97 Å². The van der Waals surface area contributed by atoms with E-state index in [0.29, 0.717) is 28.7 Å². The van der Waals surface area contributed by atoms with Crippen molar-refractivity contribution in [2.75, 3.05) is 0 Å². The molecular formula is C22H16ClNO3. The molecule has 0 saturated carbocycles. The molecule has 0 bridgehead atoms. The first kappa shape index (κ1) is 17.3. The number of carbonyl (C=O) groups excluding carboxylic acids is 1. The number of halogens is 1. The van der Waals surface area contributed by atoms with Crippen molar-refractivity contribution in [1.82, 2.24) is 0 Å². The highest BCUT2D eigenvalue weighted by Crippen LogP contribution is 2.32. The van der Waals surface area contributed by atoms with E-state index >= 15 is 0 Å². The molecule has 0 saturated heterocycles. The van der Waals surface area contributed by atoms with Crippen LogP contribution in [-0.2, 0) is 16.2 Å². The van der Waals surface area contributed by atoms with Crippen LogP contribution in [0.2, 0.25) is 5.02 Å². The fraction of sp³-hybridized carbons (Fsp3) is 0.0909. The summed E-state index contributed by atoms with van der Waals surface area (Å²) in [4.78, 5) is 16.8. The zero-order valence-electron chi connectivity index (χ0n) is 14.6. The fourth-order valence-electron chi connectivity index (χ4n) is 2.98. The molecule has 1 aliphatic rings. The average molecular weight is 378 g/mol. The van der Waals surface area contributed by atoms with Crippen LogP contribution in [0.1, 0.15) is 18.1 Å². The van der Waals surface area contributed by atoms with Gasteiger partial charge in [-0.15, -0.1) is 0 Å². The van der Waals surface area contributed by atoms with Crippen molar-refractivity contribution in [3.05, 3.63) is 82.4 Å². The SMILES string of the molecule is CC1=NOC(=O)/C1=C/c1c(OCc2ccccc2Cl)ccc2ccccc12. The second kappa shape index (κ2) is 7.25. The minimum Gasteiger partial charge on any atom is -0.488 e. The second-order valence-electron chi connectivity index (χ2n) is 6.19. The molecule has 1 aliphatic heterocycles. The van der Waals surface area contributed by atoms with Gasteiger partial charge < -0.3 is 9.57 Å². The van der Waals surface area contributed by atoms with E-state index in [1.54, 1.807) is 13.0 Å². The van der Waals surface area contributed by atoms with E-state index in [2.05, 4.69) is 5.16 Å². The summed E-state index contributed by atoms with van der Waals surface area (Å²) in [7, 11) is 0. The van der Waals surface area contributed by atoms with E-state index in [4.69, 9.17) is 21.2 Å². The maximum absolute atomic E-state index is 12.0. The highest BCUT2D eigenvalue weighted by atomic mass is 35.5. The molecule has 0 unspecified atom stereocenters. The third kappa shape index (κ3) is 3.44. The van der Waals surface area contributed by atoms with Crippen LogP contribution in [0.4, 0.5) is 0 Å². The van der Waals surface area contributed by atoms with Crippen LogP contribution in [0.25, 0.3) is 16.8 Å². The average Bonchev–Trinajstić information content (AvgIpc) is 3.00. The molecule has 0 amide bonds. The van der Waals surface area contributed by atoms with Gasteiger partial charge in [0.2, 0.25) is 0 Å². The van der Waals surface area contributed by atoms with Gasteiger partial charge in [0.25, 0.3) is 0 Å². The highest BCUT2D eigenvalue weighted by Gasteiger charge is 2.23. The summed E-state index contributed by atoms with van der Waals surface area (Å²) < 4.78 is 6.07. The molecular weight excluding hydrogens is 362 g/mol. The van der Waals surface area contributed by atoms with Crippen LogP contribution in [-0.4, -0.2) is 11.7 Å². The number of hydrogen-bond donors (Lipinski definition) is 0. The van der Waals surface area contributed by atoms with Crippen molar-refractivity contribution in [3.63, 3.8) is 0 Å². The molecule has 1 heterocycles. The van der Waals surface area contributed by atoms with Crippen LogP contribution in [0.15, 0.2) is 71.4 Å². The number of fused-ring (bicyclic) bond motifs is 1. The Balaban J connectivity index is 1.78. The lowest BCUT2D eigenvalue weighted by molar-refractivity contribution is -0.136. The fourth-order valence-corrected chi connectivity index (χ4v) is 3.18. The molecule has 4 nitrogen and oxygen atoms in total. The molecule has 4 rings (SSSR count). The predicted molar refractivity (Wildman–Crippen MR) is 107 cm³/mol. The Morgan fingerprint density at radius 3 is 2.63 bits per heavy atom. The van der Waals surface area contributed by atoms with Crippen molar-refractivity contribution in [2.24, 2.45) is 5.16 Å². The van der Waals surface area contributed by atoms with Crippen LogP contribution in [0.5, 0.6) is 5.75 Å². The summed E-state index contributed by atoms with van der Waals surface area (Å²) in [5, 5.41) is 6.44. The molecule has 27 heavy (non-hydrogen) atoms. The van der Waals surface area contributed by atoms with Gasteiger partial charge in [-0.2, -0.15) is 0 Å². The van der Waals surface area contributed by atoms with E-state index < -0.39 is 5.97 Å². The Kier molecular flexibility index (Phi) is 4.65. The molecule has 0 radical (unpaired) electrons. The summed E-state index contributed by atoms with van der Waals surface area (Å²) in [6, 6.07) is 19.4. The van der Waals surface area contributed by atoms with E-state index in [1.807, 2.05) is 60.7 Å². The van der Waals surface area contributed by atoms with Gasteiger partial charge in [0.15, 0.2) is 0 Å². The van der Waals surface area contributed by atoms with Gasteiger partial charge in [-0.05, 0) is 35.9 Å². The first-order chi connectivity index (χ1) is 13.1. The zero-order chi connectivity index (χ0) is 18.8. The van der Waals surface area contributed by atoms with Crippen LogP contribution >= 0.6 is 11.6 Å². The summed E-state index contributed by atoms with van der Waals surface area (Å²) in [6.45, 7) is 2.07. The molecule has 0 spiro atoms. The molecule has 5 heteroatoms. The maximum atomic E-state index is 12.0. The van der Waals surface area contributed by atoms with Gasteiger partial charge in [0.1, 0.15) is 12.4 Å². The second-order valence-corrected chi connectivity index (χ2v) is 6.60. The topological polar surface area (TPSA) is 47.9 Å². The van der Waals surface area contributed by atoms with Crippen molar-refractivity contribution < 1.29 is 14.4 Å². The lowest BCUT2D eigenvalue weighted by atomic mass is 10.00.